The van der Waals surface area contributed by atoms with Crippen LogP contribution in [-0.4, -0.2) is 19.9 Å². The number of aromatic nitrogens is 1. The van der Waals surface area contributed by atoms with E-state index in [1.807, 2.05) is 0 Å². The highest BCUT2D eigenvalue weighted by molar-refractivity contribution is 7.46. The summed E-state index contributed by atoms with van der Waals surface area (Å²) in [5.41, 5.74) is 1.78. The first kappa shape index (κ1) is 16.2. The van der Waals surface area contributed by atoms with Gasteiger partial charge in [0, 0.05) is 11.1 Å². The second-order valence-electron chi connectivity index (χ2n) is 4.76. The van der Waals surface area contributed by atoms with Crippen molar-refractivity contribution in [3.63, 3.8) is 0 Å². The standard InChI is InChI=1S/C15H11FNO6P/c16-11-8-10(4-5-13(11)23-24(19,20)21)15-17-12-3-1-2-9(6-7-18)14(12)22-15/h1-8,18H,(H2,19,20,21). The van der Waals surface area contributed by atoms with Crippen LogP contribution in [0.5, 0.6) is 5.75 Å². The van der Waals surface area contributed by atoms with Gasteiger partial charge in [0.15, 0.2) is 17.1 Å². The lowest BCUT2D eigenvalue weighted by atomic mass is 10.2. The SMILES string of the molecule is O=P(O)(O)Oc1ccc(-c2nc3cccc(C=CO)c3o2)cc1F. The second-order valence-corrected chi connectivity index (χ2v) is 5.92. The minimum absolute atomic E-state index is 0.116. The normalized spacial score (nSPS) is 12.1. The van der Waals surface area contributed by atoms with Gasteiger partial charge in [-0.05, 0) is 30.3 Å². The number of para-hydroxylation sites is 1. The lowest BCUT2D eigenvalue weighted by Crippen LogP contribution is -1.93. The Morgan fingerprint density at radius 1 is 1.25 bits per heavy atom. The molecule has 9 heteroatoms. The maximum Gasteiger partial charge on any atom is 0.524 e. The molecular formula is C15H11FNO6P. The third-order valence-corrected chi connectivity index (χ3v) is 3.53. The van der Waals surface area contributed by atoms with Gasteiger partial charge >= 0.3 is 7.82 Å². The molecule has 0 amide bonds. The maximum atomic E-state index is 13.9. The van der Waals surface area contributed by atoms with E-state index in [4.69, 9.17) is 19.3 Å². The molecule has 1 aromatic heterocycles. The summed E-state index contributed by atoms with van der Waals surface area (Å²) < 4.78 is 34.5. The predicted octanol–water partition coefficient (Wildman–Crippen LogP) is 3.63. The molecule has 0 bridgehead atoms. The summed E-state index contributed by atoms with van der Waals surface area (Å²) in [5, 5.41) is 8.89. The van der Waals surface area contributed by atoms with Gasteiger partial charge in [-0.2, -0.15) is 0 Å². The molecule has 1 heterocycles. The van der Waals surface area contributed by atoms with Crippen molar-refractivity contribution >= 4 is 25.0 Å². The number of aliphatic hydroxyl groups excluding tert-OH is 1. The molecule has 0 fully saturated rings. The average Bonchev–Trinajstić information content (AvgIpc) is 2.93. The van der Waals surface area contributed by atoms with Crippen molar-refractivity contribution < 1.29 is 32.8 Å². The van der Waals surface area contributed by atoms with Gasteiger partial charge in [0.25, 0.3) is 0 Å². The second kappa shape index (κ2) is 6.09. The molecule has 3 N–H and O–H groups in total. The van der Waals surface area contributed by atoms with Crippen LogP contribution in [0, 0.1) is 5.82 Å². The van der Waals surface area contributed by atoms with Crippen LogP contribution in [0.15, 0.2) is 47.1 Å². The Bertz CT molecular complexity index is 977. The van der Waals surface area contributed by atoms with Crippen molar-refractivity contribution in [3.05, 3.63) is 54.0 Å². The zero-order chi connectivity index (χ0) is 17.3. The molecule has 0 aliphatic rings. The number of aliphatic hydroxyl groups is 1. The van der Waals surface area contributed by atoms with Gasteiger partial charge in [0.05, 0.1) is 6.26 Å². The van der Waals surface area contributed by atoms with E-state index in [1.165, 1.54) is 12.1 Å². The van der Waals surface area contributed by atoms with E-state index in [9.17, 15) is 8.96 Å². The van der Waals surface area contributed by atoms with E-state index in [2.05, 4.69) is 9.51 Å². The molecular weight excluding hydrogens is 340 g/mol. The minimum atomic E-state index is -4.85. The zero-order valence-corrected chi connectivity index (χ0v) is 12.9. The summed E-state index contributed by atoms with van der Waals surface area (Å²) in [5.74, 6) is -1.42. The van der Waals surface area contributed by atoms with Crippen molar-refractivity contribution in [2.45, 2.75) is 0 Å². The molecule has 0 unspecified atom stereocenters. The fourth-order valence-electron chi connectivity index (χ4n) is 2.14. The van der Waals surface area contributed by atoms with E-state index in [0.29, 0.717) is 16.7 Å². The van der Waals surface area contributed by atoms with Crippen molar-refractivity contribution in [1.29, 1.82) is 0 Å². The number of hydrogen-bond donors (Lipinski definition) is 3. The maximum absolute atomic E-state index is 13.9. The highest BCUT2D eigenvalue weighted by Gasteiger charge is 2.20. The Labute approximate surface area is 134 Å². The van der Waals surface area contributed by atoms with Crippen LogP contribution in [0.2, 0.25) is 0 Å². The van der Waals surface area contributed by atoms with Crippen molar-refractivity contribution in [1.82, 2.24) is 4.98 Å². The van der Waals surface area contributed by atoms with Gasteiger partial charge in [-0.25, -0.2) is 13.9 Å². The van der Waals surface area contributed by atoms with Crippen molar-refractivity contribution in [2.75, 3.05) is 0 Å². The summed E-state index contributed by atoms with van der Waals surface area (Å²) >= 11 is 0. The first-order valence-corrected chi connectivity index (χ1v) is 8.16. The smallest absolute Gasteiger partial charge is 0.516 e. The van der Waals surface area contributed by atoms with E-state index in [1.54, 1.807) is 18.2 Å². The molecule has 0 spiro atoms. The molecule has 0 aliphatic heterocycles. The fraction of sp³-hybridized carbons (Fsp3) is 0. The molecule has 3 rings (SSSR count). The van der Waals surface area contributed by atoms with Crippen LogP contribution in [0.1, 0.15) is 5.56 Å². The molecule has 24 heavy (non-hydrogen) atoms. The van der Waals surface area contributed by atoms with Crippen LogP contribution in [0.4, 0.5) is 4.39 Å². The average molecular weight is 351 g/mol. The number of nitrogens with zero attached hydrogens (tertiary/aromatic N) is 1. The van der Waals surface area contributed by atoms with Gasteiger partial charge in [-0.3, -0.25) is 9.79 Å². The lowest BCUT2D eigenvalue weighted by Gasteiger charge is -2.07. The van der Waals surface area contributed by atoms with Crippen molar-refractivity contribution in [2.24, 2.45) is 0 Å². The van der Waals surface area contributed by atoms with Gasteiger partial charge < -0.3 is 14.0 Å². The monoisotopic (exact) mass is 351 g/mol. The van der Waals surface area contributed by atoms with Gasteiger partial charge in [0.1, 0.15) is 5.52 Å². The third-order valence-electron chi connectivity index (χ3n) is 3.10. The van der Waals surface area contributed by atoms with Gasteiger partial charge in [-0.1, -0.05) is 12.1 Å². The summed E-state index contributed by atoms with van der Waals surface area (Å²) in [7, 11) is -4.85. The lowest BCUT2D eigenvalue weighted by molar-refractivity contribution is 0.278. The Kier molecular flexibility index (Phi) is 4.11. The molecule has 0 saturated heterocycles. The largest absolute Gasteiger partial charge is 0.524 e. The first-order valence-electron chi connectivity index (χ1n) is 6.63. The van der Waals surface area contributed by atoms with Gasteiger partial charge in [-0.15, -0.1) is 0 Å². The van der Waals surface area contributed by atoms with Crippen LogP contribution in [0.25, 0.3) is 28.6 Å². The number of benzene rings is 2. The van der Waals surface area contributed by atoms with E-state index < -0.39 is 19.4 Å². The molecule has 0 atom stereocenters. The number of phosphoric acid groups is 1. The Balaban J connectivity index is 2.03. The first-order chi connectivity index (χ1) is 11.4. The number of fused-ring (bicyclic) bond motifs is 1. The topological polar surface area (TPSA) is 113 Å². The Hall–Kier alpha value is -2.67. The highest BCUT2D eigenvalue weighted by atomic mass is 31.2. The minimum Gasteiger partial charge on any atom is -0.516 e. The molecule has 2 aromatic carbocycles. The Morgan fingerprint density at radius 3 is 2.71 bits per heavy atom. The van der Waals surface area contributed by atoms with Gasteiger partial charge in [0.2, 0.25) is 5.89 Å². The fourth-order valence-corrected chi connectivity index (χ4v) is 2.55. The predicted molar refractivity (Wildman–Crippen MR) is 83.7 cm³/mol. The molecule has 0 aliphatic carbocycles. The van der Waals surface area contributed by atoms with Crippen LogP contribution in [0.3, 0.4) is 0 Å². The Morgan fingerprint density at radius 2 is 2.04 bits per heavy atom. The van der Waals surface area contributed by atoms with Crippen LogP contribution in [-0.2, 0) is 4.57 Å². The summed E-state index contributed by atoms with van der Waals surface area (Å²) in [4.78, 5) is 21.7. The van der Waals surface area contributed by atoms with E-state index in [0.717, 1.165) is 18.4 Å². The number of halogens is 1. The number of oxazole rings is 1. The molecule has 3 aromatic rings. The quantitative estimate of drug-likeness (QED) is 0.486. The van der Waals surface area contributed by atoms with Crippen LogP contribution >= 0.6 is 7.82 Å². The number of phosphoric ester groups is 1. The van der Waals surface area contributed by atoms with E-state index in [-0.39, 0.29) is 11.5 Å². The summed E-state index contributed by atoms with van der Waals surface area (Å²) in [6, 6.07) is 8.56. The third kappa shape index (κ3) is 3.30. The summed E-state index contributed by atoms with van der Waals surface area (Å²) in [6.45, 7) is 0. The van der Waals surface area contributed by atoms with Crippen molar-refractivity contribution in [3.8, 4) is 17.2 Å². The van der Waals surface area contributed by atoms with E-state index >= 15 is 0 Å². The number of rotatable bonds is 4. The molecule has 0 radical (unpaired) electrons. The molecule has 7 nitrogen and oxygen atoms in total. The number of hydrogen-bond acceptors (Lipinski definition) is 5. The molecule has 0 saturated carbocycles. The molecule has 124 valence electrons. The highest BCUT2D eigenvalue weighted by Crippen LogP contribution is 2.39. The van der Waals surface area contributed by atoms with Crippen LogP contribution < -0.4 is 4.52 Å². The summed E-state index contributed by atoms with van der Waals surface area (Å²) in [6.07, 6.45) is 2.29. The zero-order valence-electron chi connectivity index (χ0n) is 12.0.